The number of halogens is 1. The van der Waals surface area contributed by atoms with Crippen LogP contribution in [0.1, 0.15) is 28.7 Å². The average molecular weight is 512 g/mol. The molecule has 8 heteroatoms. The molecule has 0 bridgehead atoms. The van der Waals surface area contributed by atoms with Crippen LogP contribution in [0.15, 0.2) is 65.1 Å². The van der Waals surface area contributed by atoms with E-state index in [-0.39, 0.29) is 25.9 Å². The minimum Gasteiger partial charge on any atom is -0.454 e. The van der Waals surface area contributed by atoms with E-state index in [1.54, 1.807) is 12.1 Å². The van der Waals surface area contributed by atoms with Gasteiger partial charge in [0.1, 0.15) is 18.8 Å². The Balaban J connectivity index is 1.19. The third kappa shape index (κ3) is 4.17. The summed E-state index contributed by atoms with van der Waals surface area (Å²) in [5.41, 5.74) is 4.97. The Morgan fingerprint density at radius 3 is 2.30 bits per heavy atom. The highest BCUT2D eigenvalue weighted by molar-refractivity contribution is 9.10. The molecule has 0 saturated heterocycles. The van der Waals surface area contributed by atoms with Gasteiger partial charge in [0.15, 0.2) is 11.5 Å². The van der Waals surface area contributed by atoms with Crippen LogP contribution in [0.3, 0.4) is 0 Å². The van der Waals surface area contributed by atoms with E-state index < -0.39 is 18.3 Å². The van der Waals surface area contributed by atoms with Crippen LogP contribution in [0, 0.1) is 0 Å². The van der Waals surface area contributed by atoms with Gasteiger partial charge in [0, 0.05) is 22.5 Å². The highest BCUT2D eigenvalue weighted by atomic mass is 79.9. The topological polar surface area (TPSA) is 97.3 Å². The maximum Gasteiger partial charge on any atom is 0.407 e. The molecule has 3 aromatic rings. The highest BCUT2D eigenvalue weighted by Crippen LogP contribution is 2.44. The Bertz CT molecular complexity index is 1150. The van der Waals surface area contributed by atoms with E-state index >= 15 is 0 Å². The molecule has 1 heterocycles. The zero-order valence-electron chi connectivity index (χ0n) is 17.5. The molecule has 5 rings (SSSR count). The molecule has 2 aliphatic rings. The Hall–Kier alpha value is -3.07. The minimum absolute atomic E-state index is 0.0525. The first-order chi connectivity index (χ1) is 16.0. The Morgan fingerprint density at radius 2 is 1.64 bits per heavy atom. The fraction of sp³-hybridized carbons (Fsp3) is 0.240. The van der Waals surface area contributed by atoms with Gasteiger partial charge in [-0.2, -0.15) is 0 Å². The van der Waals surface area contributed by atoms with Crippen molar-refractivity contribution in [1.29, 1.82) is 0 Å². The van der Waals surface area contributed by atoms with Gasteiger partial charge in [-0.15, -0.1) is 0 Å². The van der Waals surface area contributed by atoms with E-state index in [9.17, 15) is 15.0 Å². The molecule has 1 aliphatic heterocycles. The molecule has 3 N–H and O–H groups in total. The van der Waals surface area contributed by atoms with Crippen LogP contribution in [-0.2, 0) is 4.74 Å². The highest BCUT2D eigenvalue weighted by Gasteiger charge is 2.29. The molecule has 2 atom stereocenters. The summed E-state index contributed by atoms with van der Waals surface area (Å²) in [7, 11) is 0. The number of alkyl carbamates (subject to hydrolysis) is 1. The number of amides is 1. The van der Waals surface area contributed by atoms with E-state index in [0.29, 0.717) is 21.5 Å². The summed E-state index contributed by atoms with van der Waals surface area (Å²) < 4.78 is 16.7. The largest absolute Gasteiger partial charge is 0.454 e. The van der Waals surface area contributed by atoms with Crippen molar-refractivity contribution in [3.8, 4) is 22.6 Å². The third-order valence-electron chi connectivity index (χ3n) is 5.97. The van der Waals surface area contributed by atoms with Crippen molar-refractivity contribution in [3.63, 3.8) is 0 Å². The molecule has 1 aliphatic carbocycles. The summed E-state index contributed by atoms with van der Waals surface area (Å²) >= 11 is 3.37. The Labute approximate surface area is 199 Å². The Kier molecular flexibility index (Phi) is 5.97. The third-order valence-corrected chi connectivity index (χ3v) is 6.66. The van der Waals surface area contributed by atoms with Crippen molar-refractivity contribution in [2.45, 2.75) is 18.1 Å². The number of carbonyl (C=O) groups is 1. The molecule has 0 fully saturated rings. The van der Waals surface area contributed by atoms with Crippen molar-refractivity contribution >= 4 is 22.0 Å². The van der Waals surface area contributed by atoms with Crippen molar-refractivity contribution in [1.82, 2.24) is 5.32 Å². The summed E-state index contributed by atoms with van der Waals surface area (Å²) in [6.45, 7) is 0.0954. The SMILES string of the molecule is O=C(NCC(O)C(O)c1cc2c(cc1Br)OCO2)OCC1c2ccccc2-c2ccccc21. The summed E-state index contributed by atoms with van der Waals surface area (Å²) in [4.78, 5) is 12.3. The lowest BCUT2D eigenvalue weighted by molar-refractivity contribution is 0.0180. The van der Waals surface area contributed by atoms with Crippen molar-refractivity contribution in [3.05, 3.63) is 81.8 Å². The van der Waals surface area contributed by atoms with Crippen molar-refractivity contribution in [2.75, 3.05) is 19.9 Å². The van der Waals surface area contributed by atoms with Gasteiger partial charge >= 0.3 is 6.09 Å². The quantitative estimate of drug-likeness (QED) is 0.460. The minimum atomic E-state index is -1.25. The molecule has 170 valence electrons. The van der Waals surface area contributed by atoms with Gasteiger partial charge < -0.3 is 29.7 Å². The van der Waals surface area contributed by atoms with E-state index in [1.807, 2.05) is 36.4 Å². The number of fused-ring (bicyclic) bond motifs is 4. The average Bonchev–Trinajstić information content (AvgIpc) is 3.42. The second-order valence-corrected chi connectivity index (χ2v) is 8.80. The lowest BCUT2D eigenvalue weighted by Crippen LogP contribution is -2.36. The van der Waals surface area contributed by atoms with Crippen LogP contribution in [0.4, 0.5) is 4.79 Å². The second-order valence-electron chi connectivity index (χ2n) is 7.95. The molecule has 0 radical (unpaired) electrons. The molecule has 3 aromatic carbocycles. The summed E-state index contributed by atoms with van der Waals surface area (Å²) in [5, 5.41) is 23.5. The van der Waals surface area contributed by atoms with Crippen molar-refractivity contribution < 1.29 is 29.2 Å². The first-order valence-electron chi connectivity index (χ1n) is 10.6. The number of benzene rings is 3. The number of ether oxygens (including phenoxy) is 3. The molecule has 7 nitrogen and oxygen atoms in total. The number of hydrogen-bond acceptors (Lipinski definition) is 6. The molecule has 2 unspecified atom stereocenters. The summed E-state index contributed by atoms with van der Waals surface area (Å²) in [5.74, 6) is 0.997. The number of carbonyl (C=O) groups excluding carboxylic acids is 1. The summed E-state index contributed by atoms with van der Waals surface area (Å²) in [6, 6.07) is 19.5. The van der Waals surface area contributed by atoms with Gasteiger partial charge in [-0.1, -0.05) is 64.5 Å². The fourth-order valence-electron chi connectivity index (χ4n) is 4.32. The van der Waals surface area contributed by atoms with Crippen molar-refractivity contribution in [2.24, 2.45) is 0 Å². The van der Waals surface area contributed by atoms with Crippen LogP contribution >= 0.6 is 15.9 Å². The normalized spacial score (nSPS) is 15.5. The predicted molar refractivity (Wildman–Crippen MR) is 124 cm³/mol. The van der Waals surface area contributed by atoms with Crippen LogP contribution in [-0.4, -0.2) is 42.4 Å². The smallest absolute Gasteiger partial charge is 0.407 e. The lowest BCUT2D eigenvalue weighted by atomic mass is 9.98. The summed E-state index contributed by atoms with van der Waals surface area (Å²) in [6.07, 6.45) is -3.15. The number of rotatable bonds is 6. The number of hydrogen-bond donors (Lipinski definition) is 3. The maximum atomic E-state index is 12.3. The fourth-order valence-corrected chi connectivity index (χ4v) is 4.87. The van der Waals surface area contributed by atoms with Crippen LogP contribution in [0.5, 0.6) is 11.5 Å². The van der Waals surface area contributed by atoms with Gasteiger partial charge in [-0.25, -0.2) is 4.79 Å². The molecular weight excluding hydrogens is 490 g/mol. The standard InChI is InChI=1S/C25H22BrNO6/c26-20-10-23-22(32-13-33-23)9-18(20)24(29)21(28)11-27-25(30)31-12-19-16-7-3-1-5-14(16)15-6-2-4-8-17(15)19/h1-10,19,21,24,28-29H,11-13H2,(H,27,30). The van der Waals surface area contributed by atoms with Crippen LogP contribution in [0.25, 0.3) is 11.1 Å². The molecule has 0 saturated carbocycles. The van der Waals surface area contributed by atoms with Gasteiger partial charge in [-0.3, -0.25) is 0 Å². The van der Waals surface area contributed by atoms with Gasteiger partial charge in [0.25, 0.3) is 0 Å². The molecule has 33 heavy (non-hydrogen) atoms. The van der Waals surface area contributed by atoms with Crippen LogP contribution < -0.4 is 14.8 Å². The molecule has 0 aromatic heterocycles. The Morgan fingerprint density at radius 1 is 1.03 bits per heavy atom. The van der Waals surface area contributed by atoms with Crippen LogP contribution in [0.2, 0.25) is 0 Å². The molecule has 1 amide bonds. The number of aliphatic hydroxyl groups excluding tert-OH is 2. The zero-order chi connectivity index (χ0) is 22.9. The van der Waals surface area contributed by atoms with Gasteiger partial charge in [-0.05, 0) is 34.4 Å². The van der Waals surface area contributed by atoms with E-state index in [1.165, 1.54) is 0 Å². The number of nitrogens with one attached hydrogen (secondary N) is 1. The number of aliphatic hydroxyl groups is 2. The molecule has 0 spiro atoms. The molecular formula is C25H22BrNO6. The monoisotopic (exact) mass is 511 g/mol. The first kappa shape index (κ1) is 21.8. The predicted octanol–water partition coefficient (Wildman–Crippen LogP) is 4.11. The maximum absolute atomic E-state index is 12.3. The van der Waals surface area contributed by atoms with Gasteiger partial charge in [0.2, 0.25) is 6.79 Å². The lowest BCUT2D eigenvalue weighted by Gasteiger charge is -2.20. The van der Waals surface area contributed by atoms with Gasteiger partial charge in [0.05, 0.1) is 0 Å². The first-order valence-corrected chi connectivity index (χ1v) is 11.4. The zero-order valence-corrected chi connectivity index (χ0v) is 19.1. The second kappa shape index (κ2) is 9.05. The van der Waals surface area contributed by atoms with E-state index in [2.05, 4.69) is 33.4 Å². The van der Waals surface area contributed by atoms with E-state index in [4.69, 9.17) is 14.2 Å². The van der Waals surface area contributed by atoms with E-state index in [0.717, 1.165) is 22.3 Å².